The summed E-state index contributed by atoms with van der Waals surface area (Å²) >= 11 is 0. The lowest BCUT2D eigenvalue weighted by Gasteiger charge is -2.32. The molecule has 1 aromatic rings. The smallest absolute Gasteiger partial charge is 0.460 e. The van der Waals surface area contributed by atoms with E-state index < -0.39 is 52.7 Å². The minimum Gasteiger partial charge on any atom is -0.494 e. The lowest BCUT2D eigenvalue weighted by Crippen LogP contribution is -2.63. The molecule has 0 radical (unpaired) electrons. The summed E-state index contributed by atoms with van der Waals surface area (Å²) in [5, 5.41) is 0. The number of carbonyl (C=O) groups is 1. The summed E-state index contributed by atoms with van der Waals surface area (Å²) in [6.45, 7) is 0. The van der Waals surface area contributed by atoms with Crippen molar-refractivity contribution in [3.63, 3.8) is 0 Å². The average Bonchev–Trinajstić information content (AvgIpc) is 2.47. The summed E-state index contributed by atoms with van der Waals surface area (Å²) in [5.74, 6) is -29.6. The van der Waals surface area contributed by atoms with Crippen LogP contribution in [0.3, 0.4) is 0 Å². The van der Waals surface area contributed by atoms with Gasteiger partial charge < -0.3 is 4.74 Å². The van der Waals surface area contributed by atoms with Crippen LogP contribution in [0, 0.1) is 11.6 Å². The number of carbonyl (C=O) groups excluding carboxylic acids is 1. The molecule has 0 aliphatic rings. The third kappa shape index (κ3) is 3.11. The molecule has 142 valence electrons. The number of Topliss-reactive ketones (excluding diaryl/α,β-unsaturated/α-hetero) is 1. The molecule has 1 rings (SSSR count). The molecule has 25 heavy (non-hydrogen) atoms. The van der Waals surface area contributed by atoms with Crippen LogP contribution in [0.15, 0.2) is 12.1 Å². The van der Waals surface area contributed by atoms with E-state index in [-0.39, 0.29) is 12.1 Å². The van der Waals surface area contributed by atoms with Crippen LogP contribution in [0.5, 0.6) is 5.75 Å². The van der Waals surface area contributed by atoms with Crippen LogP contribution in [0.1, 0.15) is 10.4 Å². The quantitative estimate of drug-likeness (QED) is 0.542. The van der Waals surface area contributed by atoms with Gasteiger partial charge in [-0.25, -0.2) is 4.39 Å². The lowest BCUT2D eigenvalue weighted by molar-refractivity contribution is -0.386. The van der Waals surface area contributed by atoms with Crippen molar-refractivity contribution in [3.8, 4) is 5.75 Å². The third-order valence-corrected chi connectivity index (χ3v) is 2.91. The molecule has 0 heterocycles. The van der Waals surface area contributed by atoms with Crippen LogP contribution in [0.4, 0.5) is 48.3 Å². The highest BCUT2D eigenvalue weighted by atomic mass is 19.4. The first-order valence-electron chi connectivity index (χ1n) is 5.80. The molecule has 0 unspecified atom stereocenters. The maximum atomic E-state index is 13.4. The Bertz CT molecular complexity index is 678. The number of halogens is 11. The number of benzene rings is 1. The molecule has 0 spiro atoms. The Labute approximate surface area is 131 Å². The standard InChI is InChI=1S/C12H5F11O2/c1-25-6-3-4(2-5(13)7(6)14)8(24)9(15,16)10(17,18)11(19,20)12(21,22)23/h2-3H,1H3. The Balaban J connectivity index is 3.48. The summed E-state index contributed by atoms with van der Waals surface area (Å²) in [6, 6.07) is -0.438. The Morgan fingerprint density at radius 3 is 1.76 bits per heavy atom. The zero-order valence-electron chi connectivity index (χ0n) is 11.6. The lowest BCUT2D eigenvalue weighted by atomic mass is 9.95. The first-order chi connectivity index (χ1) is 11.0. The second-order valence-electron chi connectivity index (χ2n) is 4.52. The van der Waals surface area contributed by atoms with E-state index in [9.17, 15) is 53.1 Å². The SMILES string of the molecule is COc1cc(C(=O)C(F)(F)C(F)(F)C(F)(F)C(F)(F)F)cc(F)c1F. The topological polar surface area (TPSA) is 26.3 Å². The maximum Gasteiger partial charge on any atom is 0.460 e. The molecule has 0 saturated heterocycles. The van der Waals surface area contributed by atoms with Crippen LogP contribution < -0.4 is 4.74 Å². The fourth-order valence-electron chi connectivity index (χ4n) is 1.54. The first-order valence-corrected chi connectivity index (χ1v) is 5.80. The number of alkyl halides is 9. The zero-order chi connectivity index (χ0) is 20.0. The Morgan fingerprint density at radius 2 is 1.36 bits per heavy atom. The number of hydrogen-bond acceptors (Lipinski definition) is 2. The molecule has 0 aromatic heterocycles. The van der Waals surface area contributed by atoms with E-state index in [0.717, 1.165) is 0 Å². The second kappa shape index (κ2) is 6.02. The van der Waals surface area contributed by atoms with Crippen molar-refractivity contribution < 1.29 is 57.8 Å². The van der Waals surface area contributed by atoms with E-state index in [1.165, 1.54) is 0 Å². The van der Waals surface area contributed by atoms with Crippen LogP contribution in [0.2, 0.25) is 0 Å². The van der Waals surface area contributed by atoms with Crippen molar-refractivity contribution in [1.82, 2.24) is 0 Å². The number of ether oxygens (including phenoxy) is 1. The van der Waals surface area contributed by atoms with Crippen molar-refractivity contribution >= 4 is 5.78 Å². The van der Waals surface area contributed by atoms with Gasteiger partial charge in [-0.1, -0.05) is 0 Å². The number of hydrogen-bond donors (Lipinski definition) is 0. The van der Waals surface area contributed by atoms with E-state index in [1.54, 1.807) is 0 Å². The molecule has 0 aliphatic carbocycles. The summed E-state index contributed by atoms with van der Waals surface area (Å²) < 4.78 is 145. The third-order valence-electron chi connectivity index (χ3n) is 2.91. The van der Waals surface area contributed by atoms with Gasteiger partial charge in [0.1, 0.15) is 0 Å². The fraction of sp³-hybridized carbons (Fsp3) is 0.417. The first kappa shape index (κ1) is 21.0. The number of ketones is 1. The van der Waals surface area contributed by atoms with Crippen LogP contribution >= 0.6 is 0 Å². The Morgan fingerprint density at radius 1 is 0.880 bits per heavy atom. The second-order valence-corrected chi connectivity index (χ2v) is 4.52. The molecule has 2 nitrogen and oxygen atoms in total. The monoisotopic (exact) mass is 390 g/mol. The molecule has 0 atom stereocenters. The van der Waals surface area contributed by atoms with E-state index in [4.69, 9.17) is 0 Å². The minimum absolute atomic E-state index is 0.0591. The van der Waals surface area contributed by atoms with Crippen molar-refractivity contribution in [2.24, 2.45) is 0 Å². The van der Waals surface area contributed by atoms with Crippen molar-refractivity contribution in [3.05, 3.63) is 29.3 Å². The summed E-state index contributed by atoms with van der Waals surface area (Å²) in [7, 11) is 0.649. The van der Waals surface area contributed by atoms with Crippen LogP contribution in [-0.4, -0.2) is 36.8 Å². The molecule has 0 bridgehead atoms. The molecule has 1 aromatic carbocycles. The Kier molecular flexibility index (Phi) is 5.05. The Hall–Kier alpha value is -2.08. The molecular weight excluding hydrogens is 385 g/mol. The summed E-state index contributed by atoms with van der Waals surface area (Å²) in [6.07, 6.45) is -7.12. The highest BCUT2D eigenvalue weighted by Crippen LogP contribution is 2.53. The van der Waals surface area contributed by atoms with Gasteiger partial charge in [-0.05, 0) is 12.1 Å². The van der Waals surface area contributed by atoms with E-state index in [0.29, 0.717) is 7.11 Å². The summed E-state index contributed by atoms with van der Waals surface area (Å²) in [4.78, 5) is 11.3. The van der Waals surface area contributed by atoms with Gasteiger partial charge >= 0.3 is 23.9 Å². The van der Waals surface area contributed by atoms with Crippen LogP contribution in [-0.2, 0) is 0 Å². The van der Waals surface area contributed by atoms with Crippen molar-refractivity contribution in [1.29, 1.82) is 0 Å². The van der Waals surface area contributed by atoms with Gasteiger partial charge in [-0.15, -0.1) is 0 Å². The zero-order valence-corrected chi connectivity index (χ0v) is 11.6. The number of methoxy groups -OCH3 is 1. The van der Waals surface area contributed by atoms with Gasteiger partial charge in [0.2, 0.25) is 11.6 Å². The summed E-state index contributed by atoms with van der Waals surface area (Å²) in [5.41, 5.74) is -1.81. The van der Waals surface area contributed by atoms with Gasteiger partial charge in [-0.3, -0.25) is 4.79 Å². The minimum atomic E-state index is -7.29. The molecule has 0 aliphatic heterocycles. The molecular formula is C12H5F11O2. The fourth-order valence-corrected chi connectivity index (χ4v) is 1.54. The number of rotatable bonds is 5. The van der Waals surface area contributed by atoms with Gasteiger partial charge in [0.05, 0.1) is 7.11 Å². The van der Waals surface area contributed by atoms with Gasteiger partial charge in [0, 0.05) is 5.56 Å². The molecule has 0 saturated carbocycles. The van der Waals surface area contributed by atoms with Gasteiger partial charge in [0.15, 0.2) is 11.6 Å². The highest BCUT2D eigenvalue weighted by molar-refractivity contribution is 6.02. The van der Waals surface area contributed by atoms with Crippen molar-refractivity contribution in [2.45, 2.75) is 23.9 Å². The highest BCUT2D eigenvalue weighted by Gasteiger charge is 2.83. The molecule has 0 amide bonds. The van der Waals surface area contributed by atoms with E-state index in [1.807, 2.05) is 0 Å². The molecule has 0 fully saturated rings. The van der Waals surface area contributed by atoms with Crippen LogP contribution in [0.25, 0.3) is 0 Å². The van der Waals surface area contributed by atoms with E-state index in [2.05, 4.69) is 4.74 Å². The molecule has 0 N–H and O–H groups in total. The normalized spacial score (nSPS) is 13.8. The molecule has 13 heteroatoms. The van der Waals surface area contributed by atoms with Crippen molar-refractivity contribution in [2.75, 3.05) is 7.11 Å². The van der Waals surface area contributed by atoms with Gasteiger partial charge in [0.25, 0.3) is 0 Å². The van der Waals surface area contributed by atoms with E-state index >= 15 is 0 Å². The largest absolute Gasteiger partial charge is 0.494 e. The van der Waals surface area contributed by atoms with Gasteiger partial charge in [-0.2, -0.15) is 43.9 Å². The average molecular weight is 390 g/mol. The predicted octanol–water partition coefficient (Wildman–Crippen LogP) is 4.62. The maximum absolute atomic E-state index is 13.4. The predicted molar refractivity (Wildman–Crippen MR) is 58.1 cm³/mol.